The number of likely N-dealkylation sites (tertiary alicyclic amines) is 1. The number of nitrogens with one attached hydrogen (secondary N) is 1. The van der Waals surface area contributed by atoms with Gasteiger partial charge < -0.3 is 19.5 Å². The lowest BCUT2D eigenvalue weighted by molar-refractivity contribution is -0.131. The fourth-order valence-electron chi connectivity index (χ4n) is 5.53. The van der Waals surface area contributed by atoms with Crippen LogP contribution in [0.5, 0.6) is 5.75 Å². The molecule has 1 aliphatic heterocycles. The summed E-state index contributed by atoms with van der Waals surface area (Å²) in [5.41, 5.74) is 5.46. The van der Waals surface area contributed by atoms with Gasteiger partial charge >= 0.3 is 0 Å². The highest BCUT2D eigenvalue weighted by atomic mass is 16.5. The molecule has 6 rings (SSSR count). The molecule has 2 aliphatic rings. The highest BCUT2D eigenvalue weighted by molar-refractivity contribution is 6.05. The van der Waals surface area contributed by atoms with Crippen LogP contribution in [0.4, 0.5) is 0 Å². The molecule has 4 aromatic rings. The molecule has 2 fully saturated rings. The number of hydrogen-bond donors (Lipinski definition) is 1. The van der Waals surface area contributed by atoms with Crippen molar-refractivity contribution >= 4 is 22.8 Å². The van der Waals surface area contributed by atoms with Crippen LogP contribution in [-0.4, -0.2) is 53.5 Å². The average Bonchev–Trinajstić information content (AvgIpc) is 3.61. The number of carbonyl (C=O) groups excluding carboxylic acids is 2. The van der Waals surface area contributed by atoms with Gasteiger partial charge in [0.15, 0.2) is 0 Å². The van der Waals surface area contributed by atoms with E-state index in [1.54, 1.807) is 14.2 Å². The van der Waals surface area contributed by atoms with Crippen molar-refractivity contribution in [2.45, 2.75) is 25.8 Å². The molecule has 3 aromatic carbocycles. The summed E-state index contributed by atoms with van der Waals surface area (Å²) < 4.78 is 7.48. The lowest BCUT2D eigenvalue weighted by Gasteiger charge is -2.18. The van der Waals surface area contributed by atoms with Crippen LogP contribution < -0.4 is 10.1 Å². The summed E-state index contributed by atoms with van der Waals surface area (Å²) in [7, 11) is 3.32. The number of nitrogens with zero attached hydrogens (tertiary/aromatic N) is 3. The maximum Gasteiger partial charge on any atom is 0.253 e. The van der Waals surface area contributed by atoms with Crippen LogP contribution in [0.3, 0.4) is 0 Å². The summed E-state index contributed by atoms with van der Waals surface area (Å²) in [6, 6.07) is 22.1. The van der Waals surface area contributed by atoms with Crippen LogP contribution in [0.2, 0.25) is 0 Å². The summed E-state index contributed by atoms with van der Waals surface area (Å²) >= 11 is 0. The fraction of sp³-hybridized carbons (Fsp3) is 0.323. The third-order valence-electron chi connectivity index (χ3n) is 7.77. The SMILES string of the molecule is CNC(=O)c1cccc2nc(-c3ccc(-c4ccc(OC)cc4)cc3)n(C[C@@H]3CCN(C(=O)C4CC4)C3)c12. The molecule has 1 atom stereocenters. The molecule has 194 valence electrons. The van der Waals surface area contributed by atoms with Crippen LogP contribution in [0.25, 0.3) is 33.5 Å². The Hall–Kier alpha value is -4.13. The number of para-hydroxylation sites is 1. The first-order valence-corrected chi connectivity index (χ1v) is 13.3. The first kappa shape index (κ1) is 24.2. The summed E-state index contributed by atoms with van der Waals surface area (Å²) in [5, 5.41) is 2.78. The minimum atomic E-state index is -0.130. The predicted molar refractivity (Wildman–Crippen MR) is 148 cm³/mol. The summed E-state index contributed by atoms with van der Waals surface area (Å²) in [6.45, 7) is 2.27. The van der Waals surface area contributed by atoms with E-state index >= 15 is 0 Å². The van der Waals surface area contributed by atoms with Crippen molar-refractivity contribution in [3.05, 3.63) is 72.3 Å². The Balaban J connectivity index is 1.36. The lowest BCUT2D eigenvalue weighted by Crippen LogP contribution is -2.30. The van der Waals surface area contributed by atoms with E-state index in [4.69, 9.17) is 9.72 Å². The van der Waals surface area contributed by atoms with Crippen molar-refractivity contribution in [3.8, 4) is 28.3 Å². The van der Waals surface area contributed by atoms with E-state index in [1.807, 2.05) is 47.4 Å². The van der Waals surface area contributed by atoms with Gasteiger partial charge in [-0.1, -0.05) is 42.5 Å². The lowest BCUT2D eigenvalue weighted by atomic mass is 10.0. The zero-order chi connectivity index (χ0) is 26.2. The van der Waals surface area contributed by atoms with E-state index in [1.165, 1.54) is 0 Å². The van der Waals surface area contributed by atoms with Crippen molar-refractivity contribution in [1.29, 1.82) is 0 Å². The van der Waals surface area contributed by atoms with Gasteiger partial charge in [-0.3, -0.25) is 9.59 Å². The van der Waals surface area contributed by atoms with E-state index in [-0.39, 0.29) is 11.8 Å². The third kappa shape index (κ3) is 4.53. The predicted octanol–water partition coefficient (Wildman–Crippen LogP) is 5.00. The number of imidazole rings is 1. The normalized spacial score (nSPS) is 17.1. The number of carbonyl (C=O) groups is 2. The summed E-state index contributed by atoms with van der Waals surface area (Å²) in [6.07, 6.45) is 3.01. The highest BCUT2D eigenvalue weighted by Gasteiger charge is 2.37. The Kier molecular flexibility index (Phi) is 6.35. The minimum Gasteiger partial charge on any atom is -0.497 e. The number of rotatable bonds is 7. The van der Waals surface area contributed by atoms with Gasteiger partial charge in [0.25, 0.3) is 5.91 Å². The molecule has 0 bridgehead atoms. The zero-order valence-corrected chi connectivity index (χ0v) is 21.8. The van der Waals surface area contributed by atoms with E-state index in [2.05, 4.69) is 34.1 Å². The maximum atomic E-state index is 12.8. The molecular formula is C31H32N4O3. The number of benzene rings is 3. The van der Waals surface area contributed by atoms with Crippen molar-refractivity contribution < 1.29 is 14.3 Å². The van der Waals surface area contributed by atoms with Gasteiger partial charge in [-0.15, -0.1) is 0 Å². The number of methoxy groups -OCH3 is 1. The van der Waals surface area contributed by atoms with Crippen LogP contribution in [-0.2, 0) is 11.3 Å². The Morgan fingerprint density at radius 1 is 0.947 bits per heavy atom. The van der Waals surface area contributed by atoms with Crippen molar-refractivity contribution in [2.24, 2.45) is 11.8 Å². The van der Waals surface area contributed by atoms with Gasteiger partial charge in [-0.25, -0.2) is 4.98 Å². The molecule has 1 saturated carbocycles. The number of fused-ring (bicyclic) bond motifs is 1. The van der Waals surface area contributed by atoms with E-state index in [0.717, 1.165) is 71.6 Å². The number of amides is 2. The molecule has 0 unspecified atom stereocenters. The molecule has 38 heavy (non-hydrogen) atoms. The van der Waals surface area contributed by atoms with Crippen LogP contribution in [0.1, 0.15) is 29.6 Å². The van der Waals surface area contributed by atoms with Crippen LogP contribution in [0, 0.1) is 11.8 Å². The monoisotopic (exact) mass is 508 g/mol. The summed E-state index contributed by atoms with van der Waals surface area (Å²) in [5.74, 6) is 2.39. The van der Waals surface area contributed by atoms with Gasteiger partial charge in [-0.2, -0.15) is 0 Å². The first-order chi connectivity index (χ1) is 18.6. The van der Waals surface area contributed by atoms with Gasteiger partial charge in [-0.05, 0) is 60.6 Å². The van der Waals surface area contributed by atoms with E-state index in [0.29, 0.717) is 23.9 Å². The number of aromatic nitrogens is 2. The van der Waals surface area contributed by atoms with Crippen molar-refractivity contribution in [3.63, 3.8) is 0 Å². The van der Waals surface area contributed by atoms with Crippen molar-refractivity contribution in [1.82, 2.24) is 19.8 Å². The molecule has 1 aliphatic carbocycles. The summed E-state index contributed by atoms with van der Waals surface area (Å²) in [4.78, 5) is 32.5. The van der Waals surface area contributed by atoms with Gasteiger partial charge in [0.1, 0.15) is 11.6 Å². The molecule has 1 aromatic heterocycles. The number of ether oxygens (including phenoxy) is 1. The smallest absolute Gasteiger partial charge is 0.253 e. The van der Waals surface area contributed by atoms with Gasteiger partial charge in [0, 0.05) is 38.2 Å². The molecule has 1 N–H and O–H groups in total. The highest BCUT2D eigenvalue weighted by Crippen LogP contribution is 2.35. The Bertz CT molecular complexity index is 1490. The zero-order valence-electron chi connectivity index (χ0n) is 21.8. The van der Waals surface area contributed by atoms with E-state index < -0.39 is 0 Å². The van der Waals surface area contributed by atoms with Gasteiger partial charge in [0.05, 0.1) is 23.7 Å². The quantitative estimate of drug-likeness (QED) is 0.381. The molecule has 2 amide bonds. The van der Waals surface area contributed by atoms with Crippen molar-refractivity contribution in [2.75, 3.05) is 27.2 Å². The van der Waals surface area contributed by atoms with Crippen LogP contribution >= 0.6 is 0 Å². The largest absolute Gasteiger partial charge is 0.497 e. The molecule has 0 spiro atoms. The minimum absolute atomic E-state index is 0.130. The third-order valence-corrected chi connectivity index (χ3v) is 7.77. The van der Waals surface area contributed by atoms with Crippen LogP contribution in [0.15, 0.2) is 66.7 Å². The van der Waals surface area contributed by atoms with E-state index in [9.17, 15) is 9.59 Å². The molecule has 0 radical (unpaired) electrons. The average molecular weight is 509 g/mol. The number of hydrogen-bond acceptors (Lipinski definition) is 4. The maximum absolute atomic E-state index is 12.8. The molecule has 7 nitrogen and oxygen atoms in total. The standard InChI is InChI=1S/C31H32N4O3/c1-32-30(36)26-4-3-5-27-28(26)35(19-20-16-17-34(18-20)31(37)24-10-11-24)29(33-27)23-8-6-21(7-9-23)22-12-14-25(38-2)15-13-22/h3-9,12-15,20,24H,10-11,16-19H2,1-2H3,(H,32,36)/t20-/m1/s1. The molecule has 2 heterocycles. The second kappa shape index (κ2) is 9.97. The Morgan fingerprint density at radius 2 is 1.63 bits per heavy atom. The Labute approximate surface area is 222 Å². The first-order valence-electron chi connectivity index (χ1n) is 13.3. The second-order valence-electron chi connectivity index (χ2n) is 10.3. The Morgan fingerprint density at radius 3 is 2.29 bits per heavy atom. The second-order valence-corrected chi connectivity index (χ2v) is 10.3. The molecule has 7 heteroatoms. The molecular weight excluding hydrogens is 476 g/mol. The topological polar surface area (TPSA) is 76.5 Å². The fourth-order valence-corrected chi connectivity index (χ4v) is 5.53. The molecule has 1 saturated heterocycles. The van der Waals surface area contributed by atoms with Gasteiger partial charge in [0.2, 0.25) is 5.91 Å².